The smallest absolute Gasteiger partial charge is 0.247 e. The van der Waals surface area contributed by atoms with Gasteiger partial charge in [-0.3, -0.25) is 0 Å². The molecule has 20 heavy (non-hydrogen) atoms. The predicted molar refractivity (Wildman–Crippen MR) is 76.6 cm³/mol. The molecule has 98 valence electrons. The summed E-state index contributed by atoms with van der Waals surface area (Å²) >= 11 is 0. The molecule has 0 aliphatic carbocycles. The first-order chi connectivity index (χ1) is 9.69. The van der Waals surface area contributed by atoms with Crippen LogP contribution in [-0.2, 0) is 0 Å². The molecule has 0 aliphatic rings. The fourth-order valence-electron chi connectivity index (χ4n) is 2.07. The molecular formula is C16H12N2O2. The second kappa shape index (κ2) is 4.63. The molecule has 3 aromatic rings. The fraction of sp³-hybridized carbons (Fsp3) is 0.0625. The summed E-state index contributed by atoms with van der Waals surface area (Å²) in [5.41, 5.74) is 8.13. The number of furan rings is 1. The van der Waals surface area contributed by atoms with Crippen LogP contribution in [0.4, 0.5) is 5.69 Å². The van der Waals surface area contributed by atoms with Gasteiger partial charge in [-0.25, -0.2) is 0 Å². The summed E-state index contributed by atoms with van der Waals surface area (Å²) in [6, 6.07) is 14.9. The summed E-state index contributed by atoms with van der Waals surface area (Å²) in [6.07, 6.45) is 0. The number of benzene rings is 2. The van der Waals surface area contributed by atoms with Gasteiger partial charge in [0.1, 0.15) is 11.7 Å². The Hall–Kier alpha value is -2.93. The van der Waals surface area contributed by atoms with Gasteiger partial charge in [-0.2, -0.15) is 5.26 Å². The maximum Gasteiger partial charge on any atom is 0.247 e. The van der Waals surface area contributed by atoms with Gasteiger partial charge < -0.3 is 14.9 Å². The van der Waals surface area contributed by atoms with Crippen molar-refractivity contribution in [2.45, 2.75) is 6.92 Å². The number of rotatable bonds is 2. The topological polar surface area (TPSA) is 72.2 Å². The lowest BCUT2D eigenvalue weighted by molar-refractivity contribution is 0.469. The maximum absolute atomic E-state index is 9.16. The Balaban J connectivity index is 2.12. The van der Waals surface area contributed by atoms with Crippen molar-refractivity contribution in [3.8, 4) is 17.6 Å². The van der Waals surface area contributed by atoms with Crippen LogP contribution >= 0.6 is 0 Å². The highest BCUT2D eigenvalue weighted by molar-refractivity contribution is 5.87. The minimum absolute atomic E-state index is 0.145. The fourth-order valence-corrected chi connectivity index (χ4v) is 2.07. The van der Waals surface area contributed by atoms with E-state index in [1.54, 1.807) is 12.1 Å². The molecule has 2 N–H and O–H groups in total. The number of hydrogen-bond acceptors (Lipinski definition) is 4. The lowest BCUT2D eigenvalue weighted by Crippen LogP contribution is -1.93. The molecule has 0 radical (unpaired) electrons. The Morgan fingerprint density at radius 1 is 1.20 bits per heavy atom. The molecule has 0 atom stereocenters. The van der Waals surface area contributed by atoms with Gasteiger partial charge in [-0.1, -0.05) is 18.2 Å². The molecule has 4 nitrogen and oxygen atoms in total. The Labute approximate surface area is 116 Å². The van der Waals surface area contributed by atoms with Gasteiger partial charge in [0.05, 0.1) is 11.1 Å². The average molecular weight is 264 g/mol. The molecule has 3 rings (SSSR count). The first kappa shape index (κ1) is 12.1. The molecule has 0 saturated carbocycles. The Kier molecular flexibility index (Phi) is 2.81. The van der Waals surface area contributed by atoms with Gasteiger partial charge in [-0.05, 0) is 36.8 Å². The number of nitrogens with zero attached hydrogens (tertiary/aromatic N) is 1. The van der Waals surface area contributed by atoms with E-state index in [9.17, 15) is 0 Å². The standard InChI is InChI=1S/C16H12N2O2/c1-10-6-7-14(12(18)8-10)20-16-11-4-2-3-5-13(11)19-15(16)9-17/h2-8H,18H2,1H3. The molecule has 2 aromatic carbocycles. The third kappa shape index (κ3) is 1.95. The molecule has 0 unspecified atom stereocenters. The van der Waals surface area contributed by atoms with Crippen LogP contribution in [0.2, 0.25) is 0 Å². The largest absolute Gasteiger partial charge is 0.450 e. The second-order valence-corrected chi connectivity index (χ2v) is 4.51. The summed E-state index contributed by atoms with van der Waals surface area (Å²) < 4.78 is 11.3. The summed E-state index contributed by atoms with van der Waals surface area (Å²) in [6.45, 7) is 1.95. The van der Waals surface area contributed by atoms with E-state index in [1.807, 2.05) is 43.3 Å². The molecular weight excluding hydrogens is 252 g/mol. The SMILES string of the molecule is Cc1ccc(Oc2c(C#N)oc3ccccc23)c(N)c1. The quantitative estimate of drug-likeness (QED) is 0.710. The zero-order valence-corrected chi connectivity index (χ0v) is 10.9. The summed E-state index contributed by atoms with van der Waals surface area (Å²) in [4.78, 5) is 0. The molecule has 0 amide bonds. The van der Waals surface area contributed by atoms with Crippen LogP contribution in [-0.4, -0.2) is 0 Å². The van der Waals surface area contributed by atoms with Crippen LogP contribution in [0.3, 0.4) is 0 Å². The molecule has 1 heterocycles. The minimum atomic E-state index is 0.145. The third-order valence-electron chi connectivity index (χ3n) is 3.03. The number of anilines is 1. The van der Waals surface area contributed by atoms with Gasteiger partial charge in [0.25, 0.3) is 0 Å². The first-order valence-corrected chi connectivity index (χ1v) is 6.14. The summed E-state index contributed by atoms with van der Waals surface area (Å²) in [5, 5.41) is 9.91. The van der Waals surface area contributed by atoms with Gasteiger partial charge in [0.2, 0.25) is 5.76 Å². The number of nitrogens with two attached hydrogens (primary N) is 1. The molecule has 4 heteroatoms. The second-order valence-electron chi connectivity index (χ2n) is 4.51. The van der Waals surface area contributed by atoms with Crippen LogP contribution < -0.4 is 10.5 Å². The highest BCUT2D eigenvalue weighted by Crippen LogP contribution is 2.37. The van der Waals surface area contributed by atoms with Crippen molar-refractivity contribution >= 4 is 16.7 Å². The molecule has 0 fully saturated rings. The van der Waals surface area contributed by atoms with E-state index in [0.717, 1.165) is 10.9 Å². The van der Waals surface area contributed by atoms with E-state index in [1.165, 1.54) is 0 Å². The van der Waals surface area contributed by atoms with E-state index in [4.69, 9.17) is 20.1 Å². The predicted octanol–water partition coefficient (Wildman–Crippen LogP) is 3.99. The summed E-state index contributed by atoms with van der Waals surface area (Å²) in [5.74, 6) is 1.06. The van der Waals surface area contributed by atoms with E-state index >= 15 is 0 Å². The van der Waals surface area contributed by atoms with E-state index in [-0.39, 0.29) is 5.76 Å². The van der Waals surface area contributed by atoms with Crippen molar-refractivity contribution < 1.29 is 9.15 Å². The van der Waals surface area contributed by atoms with E-state index in [0.29, 0.717) is 22.8 Å². The third-order valence-corrected chi connectivity index (χ3v) is 3.03. The number of ether oxygens (including phenoxy) is 1. The van der Waals surface area contributed by atoms with Gasteiger partial charge >= 0.3 is 0 Å². The number of hydrogen-bond donors (Lipinski definition) is 1. The lowest BCUT2D eigenvalue weighted by atomic mass is 10.2. The molecule has 0 spiro atoms. The normalized spacial score (nSPS) is 10.4. The van der Waals surface area contributed by atoms with Crippen molar-refractivity contribution in [3.63, 3.8) is 0 Å². The van der Waals surface area contributed by atoms with Crippen LogP contribution in [0.15, 0.2) is 46.9 Å². The number of aryl methyl sites for hydroxylation is 1. The number of nitriles is 1. The highest BCUT2D eigenvalue weighted by atomic mass is 16.5. The molecule has 0 bridgehead atoms. The Morgan fingerprint density at radius 3 is 2.75 bits per heavy atom. The number of fused-ring (bicyclic) bond motifs is 1. The highest BCUT2D eigenvalue weighted by Gasteiger charge is 2.16. The minimum Gasteiger partial charge on any atom is -0.450 e. The maximum atomic E-state index is 9.16. The molecule has 0 saturated heterocycles. The van der Waals surface area contributed by atoms with Crippen molar-refractivity contribution in [2.75, 3.05) is 5.73 Å². The van der Waals surface area contributed by atoms with Gasteiger partial charge in [0, 0.05) is 0 Å². The monoisotopic (exact) mass is 264 g/mol. The Morgan fingerprint density at radius 2 is 2.00 bits per heavy atom. The average Bonchev–Trinajstić information content (AvgIpc) is 2.80. The number of nitrogen functional groups attached to an aromatic ring is 1. The van der Waals surface area contributed by atoms with Gasteiger partial charge in [-0.15, -0.1) is 0 Å². The summed E-state index contributed by atoms with van der Waals surface area (Å²) in [7, 11) is 0. The number of para-hydroxylation sites is 1. The van der Waals surface area contributed by atoms with Gasteiger partial charge in [0.15, 0.2) is 11.5 Å². The van der Waals surface area contributed by atoms with E-state index in [2.05, 4.69) is 0 Å². The van der Waals surface area contributed by atoms with Crippen LogP contribution in [0.1, 0.15) is 11.3 Å². The molecule has 0 aliphatic heterocycles. The van der Waals surface area contributed by atoms with Crippen molar-refractivity contribution in [1.82, 2.24) is 0 Å². The first-order valence-electron chi connectivity index (χ1n) is 6.14. The van der Waals surface area contributed by atoms with E-state index < -0.39 is 0 Å². The lowest BCUT2D eigenvalue weighted by Gasteiger charge is -2.07. The van der Waals surface area contributed by atoms with Crippen LogP contribution in [0, 0.1) is 18.3 Å². The van der Waals surface area contributed by atoms with Crippen LogP contribution in [0.25, 0.3) is 11.0 Å². The van der Waals surface area contributed by atoms with Crippen molar-refractivity contribution in [2.24, 2.45) is 0 Å². The van der Waals surface area contributed by atoms with Crippen LogP contribution in [0.5, 0.6) is 11.5 Å². The zero-order valence-electron chi connectivity index (χ0n) is 10.9. The van der Waals surface area contributed by atoms with Crippen molar-refractivity contribution in [3.05, 3.63) is 53.8 Å². The molecule has 1 aromatic heterocycles. The van der Waals surface area contributed by atoms with Crippen molar-refractivity contribution in [1.29, 1.82) is 5.26 Å². The Bertz CT molecular complexity index is 828. The zero-order chi connectivity index (χ0) is 14.1.